The van der Waals surface area contributed by atoms with Crippen LogP contribution in [0.4, 0.5) is 5.69 Å². The van der Waals surface area contributed by atoms with E-state index in [2.05, 4.69) is 5.10 Å². The number of nitrogens with zero attached hydrogens (tertiary/aromatic N) is 3. The van der Waals surface area contributed by atoms with Crippen LogP contribution in [0.3, 0.4) is 0 Å². The number of H-pyrrole nitrogens is 1. The Bertz CT molecular complexity index is 1290. The van der Waals surface area contributed by atoms with Crippen molar-refractivity contribution in [1.82, 2.24) is 14.7 Å². The predicted molar refractivity (Wildman–Crippen MR) is 126 cm³/mol. The van der Waals surface area contributed by atoms with Gasteiger partial charge in [0.05, 0.1) is 23.9 Å². The van der Waals surface area contributed by atoms with Crippen LogP contribution in [0.1, 0.15) is 23.7 Å². The van der Waals surface area contributed by atoms with E-state index in [9.17, 15) is 14.4 Å². The number of likely N-dealkylation sites (N-methyl/N-ethyl adjacent to an activating group) is 1. The van der Waals surface area contributed by atoms with Crippen molar-refractivity contribution in [2.45, 2.75) is 19.9 Å². The number of aryl methyl sites for hydroxylation is 2. The van der Waals surface area contributed by atoms with E-state index in [1.165, 1.54) is 4.68 Å². The summed E-state index contributed by atoms with van der Waals surface area (Å²) in [6, 6.07) is 16.3. The summed E-state index contributed by atoms with van der Waals surface area (Å²) in [7, 11) is 4.90. The van der Waals surface area contributed by atoms with Crippen LogP contribution in [-0.4, -0.2) is 40.7 Å². The van der Waals surface area contributed by atoms with Crippen LogP contribution < -0.4 is 15.2 Å². The van der Waals surface area contributed by atoms with Gasteiger partial charge in [-0.25, -0.2) is 4.90 Å². The van der Waals surface area contributed by atoms with E-state index in [-0.39, 0.29) is 22.4 Å². The summed E-state index contributed by atoms with van der Waals surface area (Å²) < 4.78 is 6.53. The number of imide groups is 1. The third-order valence-electron chi connectivity index (χ3n) is 5.76. The number of carbonyl (C=O) groups excluding carboxylic acids is 2. The van der Waals surface area contributed by atoms with Gasteiger partial charge in [-0.15, -0.1) is 0 Å². The molecule has 0 spiro atoms. The second-order valence-corrected chi connectivity index (χ2v) is 7.89. The van der Waals surface area contributed by atoms with Crippen LogP contribution in [-0.2, 0) is 29.6 Å². The lowest BCUT2D eigenvalue weighted by Gasteiger charge is -2.21. The van der Waals surface area contributed by atoms with Gasteiger partial charge in [-0.05, 0) is 36.2 Å². The highest BCUT2D eigenvalue weighted by atomic mass is 16.5. The molecule has 0 aliphatic carbocycles. The largest absolute Gasteiger partial charge is 0.497 e. The Hall–Kier alpha value is -4.07. The average Bonchev–Trinajstić information content (AvgIpc) is 3.25. The second kappa shape index (κ2) is 8.82. The Balaban J connectivity index is 1.86. The van der Waals surface area contributed by atoms with Crippen molar-refractivity contribution in [3.05, 3.63) is 87.5 Å². The number of anilines is 1. The normalized spacial score (nSPS) is 13.8. The lowest BCUT2D eigenvalue weighted by molar-refractivity contribution is -0.120. The lowest BCUT2D eigenvalue weighted by Crippen LogP contribution is -2.34. The first kappa shape index (κ1) is 22.1. The first-order valence-electron chi connectivity index (χ1n) is 10.7. The standard InChI is InChI=1S/C25H26N4O4/c1-5-19-20(23(30)28(3)26-19)21-22(27(2)15-16-9-7-6-8-10-16)25(32)29(24(21)31)17-11-13-18(33-4)14-12-17/h6-14,26H,5,15H2,1-4H3. The SMILES string of the molecule is CCc1[nH]n(C)c(=O)c1C1=C(N(C)Cc2ccccc2)C(=O)N(c2ccc(OC)cc2)C1=O. The van der Waals surface area contributed by atoms with E-state index >= 15 is 0 Å². The van der Waals surface area contributed by atoms with Gasteiger partial charge in [-0.2, -0.15) is 0 Å². The molecule has 1 aliphatic heterocycles. The predicted octanol–water partition coefficient (Wildman–Crippen LogP) is 2.70. The monoisotopic (exact) mass is 446 g/mol. The zero-order valence-electron chi connectivity index (χ0n) is 19.1. The molecule has 4 rings (SSSR count). The summed E-state index contributed by atoms with van der Waals surface area (Å²) in [6.07, 6.45) is 0.509. The molecule has 2 heterocycles. The number of hydrogen-bond acceptors (Lipinski definition) is 5. The summed E-state index contributed by atoms with van der Waals surface area (Å²) in [5.41, 5.74) is 2.22. The van der Waals surface area contributed by atoms with Gasteiger partial charge < -0.3 is 9.64 Å². The van der Waals surface area contributed by atoms with Gasteiger partial charge in [-0.3, -0.25) is 24.2 Å². The number of carbonyl (C=O) groups is 2. The van der Waals surface area contributed by atoms with Crippen molar-refractivity contribution in [1.29, 1.82) is 0 Å². The zero-order chi connectivity index (χ0) is 23.7. The van der Waals surface area contributed by atoms with Gasteiger partial charge in [-0.1, -0.05) is 37.3 Å². The highest BCUT2D eigenvalue weighted by Crippen LogP contribution is 2.35. The summed E-state index contributed by atoms with van der Waals surface area (Å²) in [5.74, 6) is -0.379. The Kier molecular flexibility index (Phi) is 5.91. The number of hydrogen-bond donors (Lipinski definition) is 1. The van der Waals surface area contributed by atoms with Crippen molar-refractivity contribution in [2.75, 3.05) is 19.1 Å². The molecule has 3 aromatic rings. The quantitative estimate of drug-likeness (QED) is 0.564. The summed E-state index contributed by atoms with van der Waals surface area (Å²) in [5, 5.41) is 3.01. The van der Waals surface area contributed by atoms with Crippen molar-refractivity contribution in [2.24, 2.45) is 7.05 Å². The van der Waals surface area contributed by atoms with Crippen molar-refractivity contribution in [3.63, 3.8) is 0 Å². The van der Waals surface area contributed by atoms with Crippen LogP contribution in [0.5, 0.6) is 5.75 Å². The molecule has 8 heteroatoms. The van der Waals surface area contributed by atoms with E-state index in [4.69, 9.17) is 4.74 Å². The molecule has 0 saturated carbocycles. The average molecular weight is 447 g/mol. The zero-order valence-corrected chi connectivity index (χ0v) is 19.1. The lowest BCUT2D eigenvalue weighted by atomic mass is 10.0. The number of nitrogens with one attached hydrogen (secondary N) is 1. The van der Waals surface area contributed by atoms with E-state index in [0.717, 1.165) is 10.5 Å². The fourth-order valence-electron chi connectivity index (χ4n) is 4.12. The Morgan fingerprint density at radius 3 is 2.24 bits per heavy atom. The second-order valence-electron chi connectivity index (χ2n) is 7.89. The number of benzene rings is 2. The first-order chi connectivity index (χ1) is 15.9. The van der Waals surface area contributed by atoms with E-state index in [1.807, 2.05) is 37.3 Å². The molecule has 0 bridgehead atoms. The Morgan fingerprint density at radius 1 is 0.970 bits per heavy atom. The van der Waals surface area contributed by atoms with Gasteiger partial charge in [0.2, 0.25) is 0 Å². The number of methoxy groups -OCH3 is 1. The number of amides is 2. The smallest absolute Gasteiger partial charge is 0.282 e. The van der Waals surface area contributed by atoms with Crippen LogP contribution in [0.25, 0.3) is 5.57 Å². The van der Waals surface area contributed by atoms with E-state index in [1.54, 1.807) is 50.4 Å². The maximum absolute atomic E-state index is 13.7. The molecule has 1 aromatic heterocycles. The van der Waals surface area contributed by atoms with Crippen LogP contribution in [0, 0.1) is 0 Å². The first-order valence-corrected chi connectivity index (χ1v) is 10.7. The molecule has 0 fully saturated rings. The fourth-order valence-corrected chi connectivity index (χ4v) is 4.12. The molecule has 0 radical (unpaired) electrons. The number of aromatic amines is 1. The maximum Gasteiger partial charge on any atom is 0.282 e. The van der Waals surface area contributed by atoms with Crippen LogP contribution in [0.2, 0.25) is 0 Å². The maximum atomic E-state index is 13.7. The molecule has 0 saturated heterocycles. The molecule has 33 heavy (non-hydrogen) atoms. The van der Waals surface area contributed by atoms with E-state index < -0.39 is 11.8 Å². The Labute approximate surface area is 191 Å². The minimum absolute atomic E-state index is 0.118. The molecular weight excluding hydrogens is 420 g/mol. The molecule has 8 nitrogen and oxygen atoms in total. The molecule has 2 aromatic carbocycles. The van der Waals surface area contributed by atoms with Gasteiger partial charge in [0.15, 0.2) is 0 Å². The number of aromatic nitrogens is 2. The summed E-state index contributed by atoms with van der Waals surface area (Å²) in [6.45, 7) is 2.30. The highest BCUT2D eigenvalue weighted by molar-refractivity contribution is 6.45. The molecule has 1 N–H and O–H groups in total. The third kappa shape index (κ3) is 3.84. The molecule has 170 valence electrons. The minimum atomic E-state index is -0.522. The highest BCUT2D eigenvalue weighted by Gasteiger charge is 2.43. The molecule has 1 aliphatic rings. The third-order valence-corrected chi connectivity index (χ3v) is 5.76. The summed E-state index contributed by atoms with van der Waals surface area (Å²) in [4.78, 5) is 43.2. The number of rotatable bonds is 7. The minimum Gasteiger partial charge on any atom is -0.497 e. The topological polar surface area (TPSA) is 87.6 Å². The molecular formula is C25H26N4O4. The van der Waals surface area contributed by atoms with Gasteiger partial charge >= 0.3 is 0 Å². The van der Waals surface area contributed by atoms with Gasteiger partial charge in [0, 0.05) is 26.3 Å². The molecule has 0 unspecified atom stereocenters. The van der Waals surface area contributed by atoms with Crippen LogP contribution >= 0.6 is 0 Å². The van der Waals surface area contributed by atoms with Crippen molar-refractivity contribution < 1.29 is 14.3 Å². The van der Waals surface area contributed by atoms with E-state index in [0.29, 0.717) is 30.1 Å². The van der Waals surface area contributed by atoms with Gasteiger partial charge in [0.1, 0.15) is 11.4 Å². The molecule has 2 amide bonds. The Morgan fingerprint density at radius 2 is 1.64 bits per heavy atom. The summed E-state index contributed by atoms with van der Waals surface area (Å²) >= 11 is 0. The van der Waals surface area contributed by atoms with Gasteiger partial charge in [0.25, 0.3) is 17.4 Å². The van der Waals surface area contributed by atoms with Crippen molar-refractivity contribution in [3.8, 4) is 5.75 Å². The van der Waals surface area contributed by atoms with Crippen LogP contribution in [0.15, 0.2) is 65.1 Å². The molecule has 0 atom stereocenters. The van der Waals surface area contributed by atoms with Crippen molar-refractivity contribution >= 4 is 23.1 Å². The number of ether oxygens (including phenoxy) is 1. The fraction of sp³-hybridized carbons (Fsp3) is 0.240.